The lowest BCUT2D eigenvalue weighted by atomic mass is 10.0. The topological polar surface area (TPSA) is 63.6 Å². The number of carbonyl (C=O) groups is 1. The first-order valence-corrected chi connectivity index (χ1v) is 11.0. The number of fused-ring (bicyclic) bond motifs is 1. The number of hydrogen-bond acceptors (Lipinski definition) is 4. The Morgan fingerprint density at radius 3 is 2.50 bits per heavy atom. The van der Waals surface area contributed by atoms with Crippen molar-refractivity contribution in [3.63, 3.8) is 0 Å². The molecule has 0 aliphatic carbocycles. The third kappa shape index (κ3) is 3.61. The van der Waals surface area contributed by atoms with Gasteiger partial charge in [-0.05, 0) is 23.8 Å². The van der Waals surface area contributed by atoms with E-state index in [1.807, 2.05) is 54.6 Å². The Morgan fingerprint density at radius 1 is 0.969 bits per heavy atom. The molecule has 2 aromatic heterocycles. The maximum atomic E-state index is 14.3. The minimum absolute atomic E-state index is 0.0332. The Hall–Kier alpha value is -3.71. The minimum Gasteiger partial charge on any atom is -0.360 e. The Balaban J connectivity index is 1.55. The number of nitrogens with one attached hydrogen (secondary N) is 1. The molecule has 3 aromatic carbocycles. The van der Waals surface area contributed by atoms with E-state index >= 15 is 0 Å². The molecule has 0 aliphatic heterocycles. The highest BCUT2D eigenvalue weighted by molar-refractivity contribution is 8.00. The molecule has 5 nitrogen and oxygen atoms in total. The number of aromatic amines is 1. The van der Waals surface area contributed by atoms with Crippen LogP contribution in [0.15, 0.2) is 90.2 Å². The summed E-state index contributed by atoms with van der Waals surface area (Å²) >= 11 is 1.31. The monoisotopic (exact) mass is 442 g/mol. The van der Waals surface area contributed by atoms with Gasteiger partial charge in [-0.3, -0.25) is 4.79 Å². The molecule has 1 N–H and O–H groups in total. The van der Waals surface area contributed by atoms with Crippen LogP contribution in [-0.4, -0.2) is 25.5 Å². The molecule has 5 rings (SSSR count). The van der Waals surface area contributed by atoms with Crippen LogP contribution in [0.25, 0.3) is 22.3 Å². The summed E-state index contributed by atoms with van der Waals surface area (Å²) in [6.45, 7) is 0. The van der Waals surface area contributed by atoms with Crippen LogP contribution in [0.5, 0.6) is 0 Å². The van der Waals surface area contributed by atoms with Crippen LogP contribution in [0.3, 0.4) is 0 Å². The number of Topliss-reactive ketones (excluding diaryl/α,β-unsaturated/α-hetero) is 1. The summed E-state index contributed by atoms with van der Waals surface area (Å²) in [6, 6.07) is 23.8. The van der Waals surface area contributed by atoms with Gasteiger partial charge in [0.05, 0.1) is 5.56 Å². The van der Waals surface area contributed by atoms with Gasteiger partial charge < -0.3 is 9.55 Å². The van der Waals surface area contributed by atoms with Gasteiger partial charge in [0.2, 0.25) is 0 Å². The average molecular weight is 443 g/mol. The predicted octanol–water partition coefficient (Wildman–Crippen LogP) is 5.82. The molecule has 0 saturated carbocycles. The largest absolute Gasteiger partial charge is 0.360 e. The van der Waals surface area contributed by atoms with Crippen LogP contribution >= 0.6 is 11.8 Å². The third-order valence-corrected chi connectivity index (χ3v) is 6.66. The highest BCUT2D eigenvalue weighted by Gasteiger charge is 2.28. The van der Waals surface area contributed by atoms with E-state index in [1.165, 1.54) is 17.8 Å². The van der Waals surface area contributed by atoms with E-state index in [-0.39, 0.29) is 11.6 Å². The molecule has 0 saturated heterocycles. The first kappa shape index (κ1) is 20.2. The lowest BCUT2D eigenvalue weighted by Crippen LogP contribution is -2.11. The highest BCUT2D eigenvalue weighted by atomic mass is 32.2. The van der Waals surface area contributed by atoms with E-state index in [4.69, 9.17) is 0 Å². The fraction of sp³-hybridized carbons (Fsp3) is 0.0800. The van der Waals surface area contributed by atoms with E-state index in [0.29, 0.717) is 22.1 Å². The van der Waals surface area contributed by atoms with Crippen molar-refractivity contribution in [1.29, 1.82) is 0 Å². The number of para-hydroxylation sites is 1. The van der Waals surface area contributed by atoms with Crippen LogP contribution in [0.1, 0.15) is 21.2 Å². The van der Waals surface area contributed by atoms with Crippen LogP contribution in [0.2, 0.25) is 0 Å². The molecule has 0 amide bonds. The predicted molar refractivity (Wildman–Crippen MR) is 124 cm³/mol. The average Bonchev–Trinajstić information content (AvgIpc) is 3.42. The van der Waals surface area contributed by atoms with Crippen molar-refractivity contribution in [1.82, 2.24) is 19.7 Å². The number of H-pyrrole nitrogens is 1. The smallest absolute Gasteiger partial charge is 0.192 e. The number of hydrogen-bond donors (Lipinski definition) is 1. The van der Waals surface area contributed by atoms with E-state index in [2.05, 4.69) is 15.2 Å². The molecule has 0 unspecified atom stereocenters. The number of aromatic nitrogens is 4. The van der Waals surface area contributed by atoms with Crippen LogP contribution in [-0.2, 0) is 7.05 Å². The van der Waals surface area contributed by atoms with Gasteiger partial charge in [-0.15, -0.1) is 10.2 Å². The van der Waals surface area contributed by atoms with Crippen LogP contribution in [0, 0.1) is 5.82 Å². The number of ketones is 1. The molecule has 0 aliphatic rings. The lowest BCUT2D eigenvalue weighted by Gasteiger charge is -2.15. The van der Waals surface area contributed by atoms with Crippen LogP contribution in [0.4, 0.5) is 4.39 Å². The van der Waals surface area contributed by atoms with Gasteiger partial charge in [0.1, 0.15) is 11.1 Å². The molecule has 158 valence electrons. The number of halogens is 1. The third-order valence-electron chi connectivity index (χ3n) is 5.37. The quantitative estimate of drug-likeness (QED) is 0.266. The van der Waals surface area contributed by atoms with E-state index in [9.17, 15) is 9.18 Å². The van der Waals surface area contributed by atoms with Gasteiger partial charge in [0.15, 0.2) is 16.8 Å². The Bertz CT molecular complexity index is 1410. The number of rotatable bonds is 6. The molecule has 1 atom stereocenters. The summed E-state index contributed by atoms with van der Waals surface area (Å²) < 4.78 is 16.0. The lowest BCUT2D eigenvalue weighted by molar-refractivity contribution is 0.0991. The van der Waals surface area contributed by atoms with E-state index in [0.717, 1.165) is 16.5 Å². The molecule has 32 heavy (non-hydrogen) atoms. The highest BCUT2D eigenvalue weighted by Crippen LogP contribution is 2.39. The van der Waals surface area contributed by atoms with Crippen LogP contribution < -0.4 is 0 Å². The van der Waals surface area contributed by atoms with Crippen molar-refractivity contribution in [2.75, 3.05) is 0 Å². The van der Waals surface area contributed by atoms with Crippen molar-refractivity contribution in [3.05, 3.63) is 102 Å². The summed E-state index contributed by atoms with van der Waals surface area (Å²) in [7, 11) is 1.78. The second-order valence-corrected chi connectivity index (χ2v) is 8.44. The zero-order valence-electron chi connectivity index (χ0n) is 17.2. The molecular weight excluding hydrogens is 423 g/mol. The van der Waals surface area contributed by atoms with Crippen molar-refractivity contribution in [2.45, 2.75) is 10.4 Å². The van der Waals surface area contributed by atoms with Gasteiger partial charge in [0, 0.05) is 29.7 Å². The zero-order chi connectivity index (χ0) is 22.1. The van der Waals surface area contributed by atoms with Gasteiger partial charge in [-0.2, -0.15) is 0 Å². The fourth-order valence-corrected chi connectivity index (χ4v) is 4.79. The molecule has 7 heteroatoms. The standard InChI is InChI=1S/C25H19FN4OS/c1-30-24(18-12-5-7-13-20(18)26)28-29-25(30)32-23(16-9-3-2-4-10-16)22(31)19-15-27-21-14-8-6-11-17(19)21/h2-15,23,27H,1H3/t23-/m1/s1. The normalized spacial score (nSPS) is 12.2. The summed E-state index contributed by atoms with van der Waals surface area (Å²) in [5.41, 5.74) is 2.77. The molecular formula is C25H19FN4OS. The maximum Gasteiger partial charge on any atom is 0.192 e. The van der Waals surface area contributed by atoms with Crippen molar-refractivity contribution in [2.24, 2.45) is 7.05 Å². The molecule has 0 bridgehead atoms. The van der Waals surface area contributed by atoms with E-state index < -0.39 is 5.25 Å². The summed E-state index contributed by atoms with van der Waals surface area (Å²) in [6.07, 6.45) is 1.75. The molecule has 0 fully saturated rings. The number of benzene rings is 3. The first-order valence-electron chi connectivity index (χ1n) is 10.1. The van der Waals surface area contributed by atoms with Gasteiger partial charge in [0.25, 0.3) is 0 Å². The molecule has 5 aromatic rings. The van der Waals surface area contributed by atoms with Crippen molar-refractivity contribution < 1.29 is 9.18 Å². The molecule has 0 radical (unpaired) electrons. The van der Waals surface area contributed by atoms with Crippen molar-refractivity contribution >= 4 is 28.4 Å². The number of nitrogens with zero attached hydrogens (tertiary/aromatic N) is 3. The first-order chi connectivity index (χ1) is 15.6. The summed E-state index contributed by atoms with van der Waals surface area (Å²) in [5.74, 6) is 0.0140. The maximum absolute atomic E-state index is 14.3. The molecule has 2 heterocycles. The van der Waals surface area contributed by atoms with E-state index in [1.54, 1.807) is 36.0 Å². The Kier molecular flexibility index (Phi) is 5.33. The number of thioether (sulfide) groups is 1. The Labute approximate surface area is 188 Å². The Morgan fingerprint density at radius 2 is 1.69 bits per heavy atom. The van der Waals surface area contributed by atoms with Gasteiger partial charge >= 0.3 is 0 Å². The van der Waals surface area contributed by atoms with Gasteiger partial charge in [-0.1, -0.05) is 72.4 Å². The second kappa shape index (κ2) is 8.43. The zero-order valence-corrected chi connectivity index (χ0v) is 18.0. The van der Waals surface area contributed by atoms with Gasteiger partial charge in [-0.25, -0.2) is 4.39 Å². The SMILES string of the molecule is Cn1c(S[C@@H](C(=O)c2c[nH]c3ccccc23)c2ccccc2)nnc1-c1ccccc1F. The van der Waals surface area contributed by atoms with Crippen molar-refractivity contribution in [3.8, 4) is 11.4 Å². The summed E-state index contributed by atoms with van der Waals surface area (Å²) in [4.78, 5) is 16.9. The summed E-state index contributed by atoms with van der Waals surface area (Å²) in [5, 5.41) is 9.35. The number of carbonyl (C=O) groups excluding carboxylic acids is 1. The minimum atomic E-state index is -0.535. The second-order valence-electron chi connectivity index (χ2n) is 7.37. The molecule has 0 spiro atoms. The fourth-order valence-electron chi connectivity index (χ4n) is 3.72.